The van der Waals surface area contributed by atoms with Crippen molar-refractivity contribution in [1.82, 2.24) is 14.7 Å². The van der Waals surface area contributed by atoms with Gasteiger partial charge < -0.3 is 14.6 Å². The quantitative estimate of drug-likeness (QED) is 0.909. The van der Waals surface area contributed by atoms with Gasteiger partial charge in [0.05, 0.1) is 26.5 Å². The molecule has 23 heavy (non-hydrogen) atoms. The first-order valence-corrected chi connectivity index (χ1v) is 7.81. The van der Waals surface area contributed by atoms with E-state index in [1.807, 2.05) is 35.1 Å². The van der Waals surface area contributed by atoms with Crippen LogP contribution in [0.2, 0.25) is 0 Å². The first kappa shape index (κ1) is 15.8. The van der Waals surface area contributed by atoms with Crippen LogP contribution in [-0.4, -0.2) is 46.7 Å². The SMILES string of the molecule is COc1cc(CN2Cc3ccnn3CC[C@@H]2CO)cc(OC)c1. The third kappa shape index (κ3) is 3.48. The topological polar surface area (TPSA) is 59.8 Å². The van der Waals surface area contributed by atoms with Crippen molar-refractivity contribution in [2.45, 2.75) is 32.1 Å². The number of fused-ring (bicyclic) bond motifs is 1. The fourth-order valence-corrected chi connectivity index (χ4v) is 3.07. The number of aliphatic hydroxyl groups is 1. The average Bonchev–Trinajstić information content (AvgIpc) is 2.95. The van der Waals surface area contributed by atoms with Gasteiger partial charge in [0.2, 0.25) is 0 Å². The Morgan fingerprint density at radius 3 is 2.61 bits per heavy atom. The Morgan fingerprint density at radius 2 is 1.96 bits per heavy atom. The van der Waals surface area contributed by atoms with Crippen LogP contribution >= 0.6 is 0 Å². The maximum atomic E-state index is 9.76. The second-order valence-corrected chi connectivity index (χ2v) is 5.80. The third-order valence-corrected chi connectivity index (χ3v) is 4.37. The van der Waals surface area contributed by atoms with Gasteiger partial charge in [-0.3, -0.25) is 9.58 Å². The summed E-state index contributed by atoms with van der Waals surface area (Å²) in [5.41, 5.74) is 2.28. The van der Waals surface area contributed by atoms with Crippen molar-refractivity contribution >= 4 is 0 Å². The number of hydrogen-bond acceptors (Lipinski definition) is 5. The number of aromatic nitrogens is 2. The highest BCUT2D eigenvalue weighted by atomic mass is 16.5. The van der Waals surface area contributed by atoms with E-state index in [0.717, 1.165) is 43.1 Å². The van der Waals surface area contributed by atoms with Crippen LogP contribution in [0, 0.1) is 0 Å². The smallest absolute Gasteiger partial charge is 0.122 e. The van der Waals surface area contributed by atoms with E-state index in [1.54, 1.807) is 14.2 Å². The number of aryl methyl sites for hydroxylation is 1. The Labute approximate surface area is 136 Å². The third-order valence-electron chi connectivity index (χ3n) is 4.37. The molecule has 1 aromatic carbocycles. The monoisotopic (exact) mass is 317 g/mol. The zero-order valence-electron chi connectivity index (χ0n) is 13.6. The van der Waals surface area contributed by atoms with Gasteiger partial charge >= 0.3 is 0 Å². The average molecular weight is 317 g/mol. The number of aliphatic hydroxyl groups excluding tert-OH is 1. The van der Waals surface area contributed by atoms with Crippen LogP contribution < -0.4 is 9.47 Å². The van der Waals surface area contributed by atoms with Crippen LogP contribution in [0.3, 0.4) is 0 Å². The summed E-state index contributed by atoms with van der Waals surface area (Å²) in [5.74, 6) is 1.56. The Balaban J connectivity index is 1.84. The molecule has 1 N–H and O–H groups in total. The van der Waals surface area contributed by atoms with Crippen molar-refractivity contribution in [3.63, 3.8) is 0 Å². The molecule has 0 bridgehead atoms. The summed E-state index contributed by atoms with van der Waals surface area (Å²) in [6.45, 7) is 2.48. The van der Waals surface area contributed by atoms with E-state index in [0.29, 0.717) is 0 Å². The van der Waals surface area contributed by atoms with E-state index in [9.17, 15) is 5.11 Å². The van der Waals surface area contributed by atoms with Crippen molar-refractivity contribution in [3.8, 4) is 11.5 Å². The number of hydrogen-bond donors (Lipinski definition) is 1. The van der Waals surface area contributed by atoms with Crippen molar-refractivity contribution < 1.29 is 14.6 Å². The van der Waals surface area contributed by atoms with E-state index in [2.05, 4.69) is 10.00 Å². The molecule has 6 nitrogen and oxygen atoms in total. The van der Waals surface area contributed by atoms with E-state index in [1.165, 1.54) is 5.69 Å². The maximum absolute atomic E-state index is 9.76. The van der Waals surface area contributed by atoms with Gasteiger partial charge in [-0.1, -0.05) is 0 Å². The Kier molecular flexibility index (Phi) is 4.83. The van der Waals surface area contributed by atoms with Crippen LogP contribution in [0.4, 0.5) is 0 Å². The molecule has 0 aliphatic carbocycles. The fraction of sp³-hybridized carbons (Fsp3) is 0.471. The molecule has 1 aliphatic heterocycles. The molecule has 1 aromatic heterocycles. The lowest BCUT2D eigenvalue weighted by Crippen LogP contribution is -2.36. The van der Waals surface area contributed by atoms with Gasteiger partial charge in [-0.25, -0.2) is 0 Å². The predicted molar refractivity (Wildman–Crippen MR) is 86.5 cm³/mol. The molecule has 0 saturated carbocycles. The molecule has 2 aromatic rings. The summed E-state index contributed by atoms with van der Waals surface area (Å²) in [4.78, 5) is 2.29. The van der Waals surface area contributed by atoms with Gasteiger partial charge in [0, 0.05) is 37.9 Å². The number of rotatable bonds is 5. The Morgan fingerprint density at radius 1 is 1.22 bits per heavy atom. The summed E-state index contributed by atoms with van der Waals surface area (Å²) < 4.78 is 12.7. The molecule has 0 amide bonds. The van der Waals surface area contributed by atoms with Gasteiger partial charge in [0.15, 0.2) is 0 Å². The molecule has 0 radical (unpaired) electrons. The van der Waals surface area contributed by atoms with E-state index < -0.39 is 0 Å². The van der Waals surface area contributed by atoms with Gasteiger partial charge in [0.25, 0.3) is 0 Å². The van der Waals surface area contributed by atoms with Crippen molar-refractivity contribution in [1.29, 1.82) is 0 Å². The fourth-order valence-electron chi connectivity index (χ4n) is 3.07. The van der Waals surface area contributed by atoms with Crippen LogP contribution in [-0.2, 0) is 19.6 Å². The zero-order valence-corrected chi connectivity index (χ0v) is 13.6. The minimum atomic E-state index is 0.119. The van der Waals surface area contributed by atoms with E-state index in [-0.39, 0.29) is 12.6 Å². The first-order chi connectivity index (χ1) is 11.2. The minimum Gasteiger partial charge on any atom is -0.497 e. The lowest BCUT2D eigenvalue weighted by atomic mass is 10.1. The van der Waals surface area contributed by atoms with E-state index in [4.69, 9.17) is 9.47 Å². The van der Waals surface area contributed by atoms with Crippen molar-refractivity contribution in [2.24, 2.45) is 0 Å². The molecule has 0 saturated heterocycles. The number of methoxy groups -OCH3 is 2. The molecule has 1 aliphatic rings. The van der Waals surface area contributed by atoms with E-state index >= 15 is 0 Å². The first-order valence-electron chi connectivity index (χ1n) is 7.81. The molecule has 6 heteroatoms. The van der Waals surface area contributed by atoms with Crippen LogP contribution in [0.5, 0.6) is 11.5 Å². The molecule has 0 fully saturated rings. The largest absolute Gasteiger partial charge is 0.497 e. The zero-order chi connectivity index (χ0) is 16.2. The lowest BCUT2D eigenvalue weighted by molar-refractivity contribution is 0.107. The van der Waals surface area contributed by atoms with Crippen molar-refractivity contribution in [2.75, 3.05) is 20.8 Å². The predicted octanol–water partition coefficient (Wildman–Crippen LogP) is 1.67. The molecule has 2 heterocycles. The number of benzene rings is 1. The van der Waals surface area contributed by atoms with Gasteiger partial charge in [-0.2, -0.15) is 5.10 Å². The maximum Gasteiger partial charge on any atom is 0.122 e. The molecule has 0 spiro atoms. The van der Waals surface area contributed by atoms with Crippen LogP contribution in [0.1, 0.15) is 17.7 Å². The van der Waals surface area contributed by atoms with Gasteiger partial charge in [-0.05, 0) is 30.2 Å². The standard InChI is InChI=1S/C17H23N3O3/c1-22-16-7-13(8-17(9-16)23-2)10-19-11-14-3-5-18-20(14)6-4-15(19)12-21/h3,5,7-9,15,21H,4,6,10-12H2,1-2H3/t15-/m1/s1. The summed E-state index contributed by atoms with van der Waals surface area (Å²) in [5, 5.41) is 14.1. The second-order valence-electron chi connectivity index (χ2n) is 5.80. The molecular formula is C17H23N3O3. The number of nitrogens with zero attached hydrogens (tertiary/aromatic N) is 3. The summed E-state index contributed by atoms with van der Waals surface area (Å²) >= 11 is 0. The highest BCUT2D eigenvalue weighted by molar-refractivity contribution is 5.38. The molecule has 0 unspecified atom stereocenters. The molecule has 1 atom stereocenters. The van der Waals surface area contributed by atoms with Gasteiger partial charge in [-0.15, -0.1) is 0 Å². The highest BCUT2D eigenvalue weighted by Gasteiger charge is 2.24. The summed E-state index contributed by atoms with van der Waals surface area (Å²) in [7, 11) is 3.30. The summed E-state index contributed by atoms with van der Waals surface area (Å²) in [6, 6.07) is 8.05. The van der Waals surface area contributed by atoms with Crippen molar-refractivity contribution in [3.05, 3.63) is 41.7 Å². The summed E-state index contributed by atoms with van der Waals surface area (Å²) in [6.07, 6.45) is 2.72. The number of ether oxygens (including phenoxy) is 2. The lowest BCUT2D eigenvalue weighted by Gasteiger charge is -2.28. The molecule has 124 valence electrons. The Hall–Kier alpha value is -2.05. The van der Waals surface area contributed by atoms with Gasteiger partial charge in [0.1, 0.15) is 11.5 Å². The minimum absolute atomic E-state index is 0.119. The Bertz CT molecular complexity index is 634. The van der Waals surface area contributed by atoms with Crippen LogP contribution in [0.15, 0.2) is 30.5 Å². The normalized spacial score (nSPS) is 18.3. The van der Waals surface area contributed by atoms with Crippen LogP contribution in [0.25, 0.3) is 0 Å². The molecular weight excluding hydrogens is 294 g/mol. The second kappa shape index (κ2) is 7.02. The molecule has 3 rings (SSSR count). The highest BCUT2D eigenvalue weighted by Crippen LogP contribution is 2.26.